The maximum atomic E-state index is 11.5. The second-order valence-corrected chi connectivity index (χ2v) is 5.12. The molecule has 1 amide bonds. The first-order valence-electron chi connectivity index (χ1n) is 6.84. The van der Waals surface area contributed by atoms with Crippen molar-refractivity contribution in [3.05, 3.63) is 0 Å². The minimum Gasteiger partial charge on any atom is -0.379 e. The van der Waals surface area contributed by atoms with Gasteiger partial charge in [-0.3, -0.25) is 4.79 Å². The Bertz CT molecular complexity index is 240. The highest BCUT2D eigenvalue weighted by Crippen LogP contribution is 2.11. The minimum atomic E-state index is -0.419. The summed E-state index contributed by atoms with van der Waals surface area (Å²) in [5.74, 6) is 0.0879. The first-order chi connectivity index (χ1) is 8.61. The van der Waals surface area contributed by atoms with Crippen LogP contribution in [0.4, 0.5) is 0 Å². The molecule has 0 aromatic rings. The quantitative estimate of drug-likeness (QED) is 0.628. The fourth-order valence-corrected chi connectivity index (χ4v) is 1.80. The molecule has 1 saturated heterocycles. The van der Waals surface area contributed by atoms with Crippen LogP contribution in [0.1, 0.15) is 33.1 Å². The van der Waals surface area contributed by atoms with Gasteiger partial charge in [0.05, 0.1) is 18.8 Å². The minimum absolute atomic E-state index is 0.0795. The highest BCUT2D eigenvalue weighted by Gasteiger charge is 2.16. The fourth-order valence-electron chi connectivity index (χ4n) is 1.80. The van der Waals surface area contributed by atoms with Crippen LogP contribution in [0.15, 0.2) is 0 Å². The molecule has 106 valence electrons. The van der Waals surface area contributed by atoms with Crippen molar-refractivity contribution < 1.29 is 14.3 Å². The van der Waals surface area contributed by atoms with Crippen LogP contribution in [0, 0.1) is 5.92 Å². The van der Waals surface area contributed by atoms with Crippen LogP contribution in [0.25, 0.3) is 0 Å². The van der Waals surface area contributed by atoms with E-state index in [0.29, 0.717) is 19.8 Å². The Morgan fingerprint density at radius 3 is 2.94 bits per heavy atom. The van der Waals surface area contributed by atoms with Crippen molar-refractivity contribution in [1.82, 2.24) is 5.32 Å². The molecule has 18 heavy (non-hydrogen) atoms. The predicted molar refractivity (Wildman–Crippen MR) is 70.2 cm³/mol. The van der Waals surface area contributed by atoms with Gasteiger partial charge in [0.2, 0.25) is 5.91 Å². The lowest BCUT2D eigenvalue weighted by molar-refractivity contribution is -0.123. The molecule has 2 atom stereocenters. The Morgan fingerprint density at radius 2 is 2.33 bits per heavy atom. The molecule has 1 fully saturated rings. The number of amides is 1. The predicted octanol–water partition coefficient (Wildman–Crippen LogP) is 0.672. The van der Waals surface area contributed by atoms with Gasteiger partial charge in [0.25, 0.3) is 0 Å². The van der Waals surface area contributed by atoms with Gasteiger partial charge in [-0.25, -0.2) is 0 Å². The molecule has 0 bridgehead atoms. The molecule has 1 unspecified atom stereocenters. The molecular weight excluding hydrogens is 232 g/mol. The lowest BCUT2D eigenvalue weighted by atomic mass is 10.1. The molecule has 1 heterocycles. The van der Waals surface area contributed by atoms with Crippen molar-refractivity contribution in [2.75, 3.05) is 26.4 Å². The number of carbonyl (C=O) groups excluding carboxylic acids is 1. The van der Waals surface area contributed by atoms with Gasteiger partial charge in [-0.1, -0.05) is 13.8 Å². The molecule has 5 nitrogen and oxygen atoms in total. The zero-order valence-electron chi connectivity index (χ0n) is 11.5. The van der Waals surface area contributed by atoms with Crippen LogP contribution >= 0.6 is 0 Å². The standard InChI is InChI=1S/C13H26N2O3/c1-10(2)12(14)13(16)15-6-4-7-17-9-11-5-3-8-18-11/h10-12H,3-9,14H2,1-2H3,(H,15,16)/t11?,12-/m1/s1. The van der Waals surface area contributed by atoms with Gasteiger partial charge < -0.3 is 20.5 Å². The monoisotopic (exact) mass is 258 g/mol. The van der Waals surface area contributed by atoms with Gasteiger partial charge in [0.1, 0.15) is 0 Å². The van der Waals surface area contributed by atoms with Crippen LogP contribution in [0.2, 0.25) is 0 Å². The third-order valence-corrected chi connectivity index (χ3v) is 3.11. The summed E-state index contributed by atoms with van der Waals surface area (Å²) in [5.41, 5.74) is 5.72. The number of nitrogens with two attached hydrogens (primary N) is 1. The summed E-state index contributed by atoms with van der Waals surface area (Å²) in [6, 6.07) is -0.419. The van der Waals surface area contributed by atoms with E-state index in [2.05, 4.69) is 5.32 Å². The van der Waals surface area contributed by atoms with E-state index in [-0.39, 0.29) is 17.9 Å². The Morgan fingerprint density at radius 1 is 1.56 bits per heavy atom. The van der Waals surface area contributed by atoms with Crippen molar-refractivity contribution in [2.45, 2.75) is 45.3 Å². The fraction of sp³-hybridized carbons (Fsp3) is 0.923. The molecule has 1 aliphatic rings. The Labute approximate surface area is 109 Å². The van der Waals surface area contributed by atoms with Crippen molar-refractivity contribution >= 4 is 5.91 Å². The van der Waals surface area contributed by atoms with Gasteiger partial charge in [0, 0.05) is 19.8 Å². The zero-order valence-corrected chi connectivity index (χ0v) is 11.5. The number of ether oxygens (including phenoxy) is 2. The maximum Gasteiger partial charge on any atom is 0.237 e. The third kappa shape index (κ3) is 5.80. The Hall–Kier alpha value is -0.650. The number of carbonyl (C=O) groups is 1. The van der Waals surface area contributed by atoms with Gasteiger partial charge in [-0.15, -0.1) is 0 Å². The topological polar surface area (TPSA) is 73.6 Å². The summed E-state index contributed by atoms with van der Waals surface area (Å²) in [6.45, 7) is 6.67. The molecule has 3 N–H and O–H groups in total. The van der Waals surface area contributed by atoms with E-state index in [9.17, 15) is 4.79 Å². The highest BCUT2D eigenvalue weighted by atomic mass is 16.5. The first kappa shape index (κ1) is 15.4. The normalized spacial score (nSPS) is 21.2. The van der Waals surface area contributed by atoms with E-state index >= 15 is 0 Å². The van der Waals surface area contributed by atoms with E-state index in [1.54, 1.807) is 0 Å². The van der Waals surface area contributed by atoms with Gasteiger partial charge in [-0.2, -0.15) is 0 Å². The molecule has 0 spiro atoms. The van der Waals surface area contributed by atoms with Crippen molar-refractivity contribution in [2.24, 2.45) is 11.7 Å². The van der Waals surface area contributed by atoms with E-state index in [1.807, 2.05) is 13.8 Å². The zero-order chi connectivity index (χ0) is 13.4. The largest absolute Gasteiger partial charge is 0.379 e. The van der Waals surface area contributed by atoms with E-state index in [0.717, 1.165) is 25.9 Å². The van der Waals surface area contributed by atoms with Crippen LogP contribution < -0.4 is 11.1 Å². The molecule has 0 aromatic heterocycles. The average molecular weight is 258 g/mol. The molecule has 1 aliphatic heterocycles. The lowest BCUT2D eigenvalue weighted by Crippen LogP contribution is -2.44. The van der Waals surface area contributed by atoms with Crippen molar-refractivity contribution in [3.63, 3.8) is 0 Å². The van der Waals surface area contributed by atoms with Gasteiger partial charge in [-0.05, 0) is 25.2 Å². The summed E-state index contributed by atoms with van der Waals surface area (Å²) in [4.78, 5) is 11.5. The van der Waals surface area contributed by atoms with Crippen LogP contribution in [-0.2, 0) is 14.3 Å². The smallest absolute Gasteiger partial charge is 0.237 e. The lowest BCUT2D eigenvalue weighted by Gasteiger charge is -2.15. The second kappa shape index (κ2) is 8.45. The number of rotatable bonds is 8. The molecule has 0 radical (unpaired) electrons. The number of hydrogen-bond acceptors (Lipinski definition) is 4. The summed E-state index contributed by atoms with van der Waals surface area (Å²) >= 11 is 0. The number of nitrogens with one attached hydrogen (secondary N) is 1. The molecule has 0 aromatic carbocycles. The highest BCUT2D eigenvalue weighted by molar-refractivity contribution is 5.81. The third-order valence-electron chi connectivity index (χ3n) is 3.11. The molecule has 0 aliphatic carbocycles. The van der Waals surface area contributed by atoms with E-state index < -0.39 is 6.04 Å². The van der Waals surface area contributed by atoms with E-state index in [4.69, 9.17) is 15.2 Å². The summed E-state index contributed by atoms with van der Waals surface area (Å²) in [5, 5.41) is 2.82. The van der Waals surface area contributed by atoms with Gasteiger partial charge in [0.15, 0.2) is 0 Å². The van der Waals surface area contributed by atoms with Crippen LogP contribution in [0.3, 0.4) is 0 Å². The molecule has 1 rings (SSSR count). The summed E-state index contributed by atoms with van der Waals surface area (Å²) in [6.07, 6.45) is 3.31. The van der Waals surface area contributed by atoms with Crippen LogP contribution in [0.5, 0.6) is 0 Å². The first-order valence-corrected chi connectivity index (χ1v) is 6.84. The van der Waals surface area contributed by atoms with Crippen LogP contribution in [-0.4, -0.2) is 44.4 Å². The van der Waals surface area contributed by atoms with Crippen molar-refractivity contribution in [3.8, 4) is 0 Å². The summed E-state index contributed by atoms with van der Waals surface area (Å²) in [7, 11) is 0. The Balaban J connectivity index is 1.93. The average Bonchev–Trinajstić information content (AvgIpc) is 2.85. The summed E-state index contributed by atoms with van der Waals surface area (Å²) < 4.78 is 10.9. The Kier molecular flexibility index (Phi) is 7.23. The molecule has 5 heteroatoms. The SMILES string of the molecule is CC(C)[C@@H](N)C(=O)NCCCOCC1CCCO1. The second-order valence-electron chi connectivity index (χ2n) is 5.12. The molecular formula is C13H26N2O3. The van der Waals surface area contributed by atoms with Gasteiger partial charge >= 0.3 is 0 Å². The van der Waals surface area contributed by atoms with Crippen molar-refractivity contribution in [1.29, 1.82) is 0 Å². The maximum absolute atomic E-state index is 11.5. The molecule has 0 saturated carbocycles. The van der Waals surface area contributed by atoms with E-state index in [1.165, 1.54) is 0 Å². The number of hydrogen-bond donors (Lipinski definition) is 2.